The highest BCUT2D eigenvalue weighted by atomic mass is 14.3. The van der Waals surface area contributed by atoms with Crippen molar-refractivity contribution < 1.29 is 1.43 Å². The highest BCUT2D eigenvalue weighted by Gasteiger charge is 2.25. The van der Waals surface area contributed by atoms with Gasteiger partial charge < -0.3 is 0 Å². The van der Waals surface area contributed by atoms with E-state index >= 15 is 0 Å². The molecule has 0 aliphatic heterocycles. The molecule has 0 aromatic heterocycles. The molecule has 0 saturated carbocycles. The number of allylic oxidation sites excluding steroid dienone is 8. The Bertz CT molecular complexity index is 327. The summed E-state index contributed by atoms with van der Waals surface area (Å²) >= 11 is 0. The van der Waals surface area contributed by atoms with Crippen molar-refractivity contribution in [1.82, 2.24) is 0 Å². The van der Waals surface area contributed by atoms with Crippen molar-refractivity contribution in [1.29, 1.82) is 0 Å². The Hall–Kier alpha value is -1.04. The molecule has 3 aliphatic rings. The van der Waals surface area contributed by atoms with Crippen molar-refractivity contribution in [2.45, 2.75) is 12.8 Å². The summed E-state index contributed by atoms with van der Waals surface area (Å²) in [6.45, 7) is 0. The molecule has 48 valence electrons. The summed E-state index contributed by atoms with van der Waals surface area (Å²) in [5, 5.41) is 0. The fourth-order valence-corrected chi connectivity index (χ4v) is 2.03. The van der Waals surface area contributed by atoms with Gasteiger partial charge in [-0.25, -0.2) is 0 Å². The quantitative estimate of drug-likeness (QED) is 0.471. The van der Waals surface area contributed by atoms with Gasteiger partial charge in [-0.2, -0.15) is 0 Å². The van der Waals surface area contributed by atoms with Crippen LogP contribution in [0.4, 0.5) is 0 Å². The fourth-order valence-electron chi connectivity index (χ4n) is 2.03. The molecule has 3 aliphatic carbocycles. The summed E-state index contributed by atoms with van der Waals surface area (Å²) in [6.07, 6.45) is 11.4. The monoisotopic (exact) mass is 129 g/mol. The topological polar surface area (TPSA) is 0 Å². The van der Waals surface area contributed by atoms with Gasteiger partial charge in [0.15, 0.2) is 0 Å². The SMILES string of the molecule is C1=CC2=C3C=CC(=C2C1)C3.[H+]. The van der Waals surface area contributed by atoms with Crippen molar-refractivity contribution in [2.75, 3.05) is 0 Å². The minimum atomic E-state index is 0. The molecule has 0 amide bonds. The summed E-state index contributed by atoms with van der Waals surface area (Å²) in [6, 6.07) is 0. The average molecular weight is 129 g/mol. The molecular weight excluding hydrogens is 120 g/mol. The van der Waals surface area contributed by atoms with E-state index in [0.29, 0.717) is 0 Å². The van der Waals surface area contributed by atoms with Gasteiger partial charge >= 0.3 is 1.43 Å². The Morgan fingerprint density at radius 2 is 2.00 bits per heavy atom. The third kappa shape index (κ3) is 0.367. The largest absolute Gasteiger partial charge is 1.00 e. The Morgan fingerprint density at radius 1 is 1.10 bits per heavy atom. The van der Waals surface area contributed by atoms with Crippen LogP contribution in [0.5, 0.6) is 0 Å². The standard InChI is InChI=1S/C10H8/c1-2-9-7-4-5-8(6-7)10(9)3-1/h1-2,4-5H,3,6H2/p+1. The molecule has 10 heavy (non-hydrogen) atoms. The Kier molecular flexibility index (Phi) is 0.634. The number of rotatable bonds is 0. The predicted molar refractivity (Wildman–Crippen MR) is 42.7 cm³/mol. The van der Waals surface area contributed by atoms with Gasteiger partial charge in [-0.1, -0.05) is 24.3 Å². The second-order valence-electron chi connectivity index (χ2n) is 3.06. The van der Waals surface area contributed by atoms with Crippen LogP contribution in [0.2, 0.25) is 0 Å². The maximum absolute atomic E-state index is 2.27. The first-order chi connectivity index (χ1) is 4.95. The molecular formula is C10H9+. The molecule has 0 atom stereocenters. The van der Waals surface area contributed by atoms with Gasteiger partial charge in [0.25, 0.3) is 0 Å². The van der Waals surface area contributed by atoms with Gasteiger partial charge in [-0.15, -0.1) is 0 Å². The second kappa shape index (κ2) is 1.34. The number of fused-ring (bicyclic) bond motifs is 3. The zero-order valence-corrected chi connectivity index (χ0v) is 5.72. The zero-order valence-electron chi connectivity index (χ0n) is 6.72. The molecule has 0 N–H and O–H groups in total. The van der Waals surface area contributed by atoms with Gasteiger partial charge in [0, 0.05) is 0 Å². The average Bonchev–Trinajstić information content (AvgIpc) is 2.60. The molecule has 0 unspecified atom stereocenters. The van der Waals surface area contributed by atoms with Gasteiger partial charge in [0.2, 0.25) is 0 Å². The summed E-state index contributed by atoms with van der Waals surface area (Å²) in [7, 11) is 0. The lowest BCUT2D eigenvalue weighted by molar-refractivity contribution is 1.25. The smallest absolute Gasteiger partial charge is 0.0795 e. The lowest BCUT2D eigenvalue weighted by Crippen LogP contribution is -1.80. The minimum absolute atomic E-state index is 0. The van der Waals surface area contributed by atoms with Crippen LogP contribution in [-0.2, 0) is 0 Å². The first-order valence-electron chi connectivity index (χ1n) is 3.75. The minimum Gasteiger partial charge on any atom is -0.0795 e. The second-order valence-corrected chi connectivity index (χ2v) is 3.06. The normalized spacial score (nSPS) is 25.6. The molecule has 0 spiro atoms. The highest BCUT2D eigenvalue weighted by Crippen LogP contribution is 2.43. The van der Waals surface area contributed by atoms with Crippen LogP contribution < -0.4 is 0 Å². The molecule has 0 nitrogen and oxygen atoms in total. The van der Waals surface area contributed by atoms with Crippen LogP contribution in [0, 0.1) is 0 Å². The molecule has 0 saturated heterocycles. The molecule has 0 heterocycles. The van der Waals surface area contributed by atoms with Crippen molar-refractivity contribution in [3.63, 3.8) is 0 Å². The van der Waals surface area contributed by atoms with Crippen LogP contribution in [0.1, 0.15) is 14.3 Å². The molecule has 0 radical (unpaired) electrons. The van der Waals surface area contributed by atoms with E-state index in [-0.39, 0.29) is 1.43 Å². The fraction of sp³-hybridized carbons (Fsp3) is 0.200. The van der Waals surface area contributed by atoms with Crippen LogP contribution in [0.15, 0.2) is 46.6 Å². The van der Waals surface area contributed by atoms with Gasteiger partial charge in [0.05, 0.1) is 0 Å². The molecule has 3 rings (SSSR count). The highest BCUT2D eigenvalue weighted by molar-refractivity contribution is 5.66. The van der Waals surface area contributed by atoms with E-state index in [9.17, 15) is 0 Å². The number of hydrogen-bond donors (Lipinski definition) is 0. The lowest BCUT2D eigenvalue weighted by atomic mass is 10.1. The van der Waals surface area contributed by atoms with E-state index in [1.165, 1.54) is 18.4 Å². The summed E-state index contributed by atoms with van der Waals surface area (Å²) in [5.74, 6) is 0. The van der Waals surface area contributed by atoms with Crippen molar-refractivity contribution >= 4 is 0 Å². The van der Waals surface area contributed by atoms with Crippen molar-refractivity contribution in [3.8, 4) is 0 Å². The third-order valence-electron chi connectivity index (χ3n) is 2.53. The maximum Gasteiger partial charge on any atom is 1.00 e. The maximum atomic E-state index is 2.27. The van der Waals surface area contributed by atoms with E-state index in [1.54, 1.807) is 16.7 Å². The summed E-state index contributed by atoms with van der Waals surface area (Å²) in [5.41, 5.74) is 6.23. The molecule has 0 aromatic carbocycles. The van der Waals surface area contributed by atoms with E-state index in [0.717, 1.165) is 0 Å². The van der Waals surface area contributed by atoms with Gasteiger partial charge in [0.1, 0.15) is 0 Å². The zero-order chi connectivity index (χ0) is 6.55. The Balaban J connectivity index is 0.000000480. The van der Waals surface area contributed by atoms with Crippen LogP contribution in [0.25, 0.3) is 0 Å². The van der Waals surface area contributed by atoms with Gasteiger partial charge in [-0.3, -0.25) is 0 Å². The third-order valence-corrected chi connectivity index (χ3v) is 2.53. The Labute approximate surface area is 61.7 Å². The molecule has 0 aromatic rings. The van der Waals surface area contributed by atoms with Gasteiger partial charge in [-0.05, 0) is 35.1 Å². The molecule has 0 heteroatoms. The van der Waals surface area contributed by atoms with Crippen LogP contribution in [0.3, 0.4) is 0 Å². The first-order valence-corrected chi connectivity index (χ1v) is 3.75. The summed E-state index contributed by atoms with van der Waals surface area (Å²) < 4.78 is 0. The van der Waals surface area contributed by atoms with Crippen LogP contribution in [-0.4, -0.2) is 0 Å². The molecule has 2 bridgehead atoms. The van der Waals surface area contributed by atoms with Crippen LogP contribution >= 0.6 is 0 Å². The summed E-state index contributed by atoms with van der Waals surface area (Å²) in [4.78, 5) is 0. The first kappa shape index (κ1) is 4.73. The lowest BCUT2D eigenvalue weighted by Gasteiger charge is -1.99. The Morgan fingerprint density at radius 3 is 2.90 bits per heavy atom. The van der Waals surface area contributed by atoms with Crippen molar-refractivity contribution in [3.05, 3.63) is 46.6 Å². The predicted octanol–water partition coefficient (Wildman–Crippen LogP) is 2.63. The van der Waals surface area contributed by atoms with E-state index < -0.39 is 0 Å². The van der Waals surface area contributed by atoms with Crippen molar-refractivity contribution in [2.24, 2.45) is 0 Å². The van der Waals surface area contributed by atoms with E-state index in [1.807, 2.05) is 0 Å². The van der Waals surface area contributed by atoms with E-state index in [4.69, 9.17) is 0 Å². The molecule has 0 fully saturated rings. The number of hydrogen-bond acceptors (Lipinski definition) is 0. The van der Waals surface area contributed by atoms with E-state index in [2.05, 4.69) is 24.3 Å².